The normalized spacial score (nSPS) is 9.50. The highest BCUT2D eigenvalue weighted by molar-refractivity contribution is 6.64. The molecule has 0 aliphatic heterocycles. The number of pyridine rings is 1. The summed E-state index contributed by atoms with van der Waals surface area (Å²) in [6.07, 6.45) is 3.45. The minimum Gasteiger partial charge on any atom is -0.446 e. The first kappa shape index (κ1) is 7.28. The monoisotopic (exact) mass is 135 g/mol. The van der Waals surface area contributed by atoms with E-state index < -0.39 is 6.92 Å². The highest BCUT2D eigenvalue weighted by atomic mass is 16.2. The van der Waals surface area contributed by atoms with Crippen molar-refractivity contribution in [2.75, 3.05) is 0 Å². The Labute approximate surface area is 61.0 Å². The van der Waals surface area contributed by atoms with Crippen LogP contribution in [0.4, 0.5) is 0 Å². The Morgan fingerprint density at radius 3 is 2.60 bits per heavy atom. The van der Waals surface area contributed by atoms with Crippen molar-refractivity contribution in [3.63, 3.8) is 0 Å². The lowest BCUT2D eigenvalue weighted by molar-refractivity contribution is 0.593. The molecular formula is C7H10BNO. The molecule has 52 valence electrons. The molecule has 1 aromatic heterocycles. The molecule has 2 nitrogen and oxygen atoms in total. The summed E-state index contributed by atoms with van der Waals surface area (Å²) >= 11 is 0. The third-order valence-electron chi connectivity index (χ3n) is 1.38. The van der Waals surface area contributed by atoms with E-state index in [1.165, 1.54) is 0 Å². The van der Waals surface area contributed by atoms with Crippen molar-refractivity contribution in [1.29, 1.82) is 0 Å². The summed E-state index contributed by atoms with van der Waals surface area (Å²) in [7, 11) is 0. The van der Waals surface area contributed by atoms with Crippen molar-refractivity contribution in [3.8, 4) is 0 Å². The number of aryl methyl sites for hydroxylation is 1. The van der Waals surface area contributed by atoms with E-state index in [0.29, 0.717) is 0 Å². The standard InChI is InChI=1S/C7H10BNO/c1-6-3-7(8(2)10)5-9-4-6/h3-5,10H,1-2H3. The largest absolute Gasteiger partial charge is 0.446 e. The summed E-state index contributed by atoms with van der Waals surface area (Å²) in [6.45, 7) is 3.28. The molecule has 0 bridgehead atoms. The van der Waals surface area contributed by atoms with Crippen molar-refractivity contribution < 1.29 is 5.02 Å². The number of hydrogen-bond donors (Lipinski definition) is 1. The fourth-order valence-corrected chi connectivity index (χ4v) is 0.807. The maximum Gasteiger partial charge on any atom is 0.321 e. The van der Waals surface area contributed by atoms with Crippen LogP contribution in [0.2, 0.25) is 6.82 Å². The fourth-order valence-electron chi connectivity index (χ4n) is 0.807. The molecule has 1 N–H and O–H groups in total. The fraction of sp³-hybridized carbons (Fsp3) is 0.286. The van der Waals surface area contributed by atoms with Gasteiger partial charge in [0, 0.05) is 12.4 Å². The Balaban J connectivity index is 2.96. The molecule has 0 radical (unpaired) electrons. The molecule has 1 heterocycles. The van der Waals surface area contributed by atoms with Crippen molar-refractivity contribution >= 4 is 12.4 Å². The zero-order valence-electron chi connectivity index (χ0n) is 6.20. The van der Waals surface area contributed by atoms with Crippen LogP contribution < -0.4 is 5.46 Å². The molecule has 0 aliphatic rings. The number of hydrogen-bond acceptors (Lipinski definition) is 2. The van der Waals surface area contributed by atoms with E-state index in [1.807, 2.05) is 13.0 Å². The first-order valence-electron chi connectivity index (χ1n) is 3.30. The van der Waals surface area contributed by atoms with E-state index in [9.17, 15) is 0 Å². The second kappa shape index (κ2) is 2.84. The van der Waals surface area contributed by atoms with Gasteiger partial charge in [0.15, 0.2) is 0 Å². The van der Waals surface area contributed by atoms with Crippen molar-refractivity contribution in [2.45, 2.75) is 13.7 Å². The zero-order chi connectivity index (χ0) is 7.56. The molecule has 0 fully saturated rings. The molecule has 0 amide bonds. The van der Waals surface area contributed by atoms with Crippen LogP contribution in [0.15, 0.2) is 18.5 Å². The van der Waals surface area contributed by atoms with Gasteiger partial charge in [-0.15, -0.1) is 0 Å². The predicted octanol–water partition coefficient (Wildman–Crippen LogP) is 0.211. The van der Waals surface area contributed by atoms with Crippen molar-refractivity contribution in [2.24, 2.45) is 0 Å². The van der Waals surface area contributed by atoms with E-state index in [0.717, 1.165) is 11.0 Å². The molecule has 0 atom stereocenters. The molecule has 10 heavy (non-hydrogen) atoms. The van der Waals surface area contributed by atoms with Crippen molar-refractivity contribution in [3.05, 3.63) is 24.0 Å². The van der Waals surface area contributed by atoms with E-state index in [2.05, 4.69) is 4.98 Å². The molecule has 3 heteroatoms. The zero-order valence-corrected chi connectivity index (χ0v) is 6.20. The van der Waals surface area contributed by atoms with E-state index in [4.69, 9.17) is 5.02 Å². The van der Waals surface area contributed by atoms with Gasteiger partial charge in [-0.05, 0) is 17.9 Å². The van der Waals surface area contributed by atoms with Gasteiger partial charge in [-0.25, -0.2) is 0 Å². The predicted molar refractivity (Wildman–Crippen MR) is 42.4 cm³/mol. The average Bonchev–Trinajstić information content (AvgIpc) is 1.88. The molecule has 1 aromatic rings. The topological polar surface area (TPSA) is 33.1 Å². The lowest BCUT2D eigenvalue weighted by Gasteiger charge is -1.99. The molecule has 0 unspecified atom stereocenters. The van der Waals surface area contributed by atoms with Crippen LogP contribution >= 0.6 is 0 Å². The van der Waals surface area contributed by atoms with Gasteiger partial charge in [-0.1, -0.05) is 12.9 Å². The summed E-state index contributed by atoms with van der Waals surface area (Å²) < 4.78 is 0. The average molecular weight is 135 g/mol. The smallest absolute Gasteiger partial charge is 0.321 e. The Hall–Kier alpha value is -0.825. The number of nitrogens with zero attached hydrogens (tertiary/aromatic N) is 1. The Morgan fingerprint density at radius 1 is 1.50 bits per heavy atom. The van der Waals surface area contributed by atoms with Gasteiger partial charge in [0.2, 0.25) is 0 Å². The van der Waals surface area contributed by atoms with Crippen LogP contribution in [0.25, 0.3) is 0 Å². The Kier molecular flexibility index (Phi) is 2.07. The summed E-state index contributed by atoms with van der Waals surface area (Å²) in [5, 5.41) is 9.11. The molecule has 0 aromatic carbocycles. The maximum atomic E-state index is 9.11. The lowest BCUT2D eigenvalue weighted by atomic mass is 9.65. The summed E-state index contributed by atoms with van der Waals surface area (Å²) in [5.41, 5.74) is 1.96. The van der Waals surface area contributed by atoms with Gasteiger partial charge in [0.1, 0.15) is 0 Å². The SMILES string of the molecule is CB(O)c1cncc(C)c1. The number of aromatic nitrogens is 1. The summed E-state index contributed by atoms with van der Waals surface area (Å²) in [5.74, 6) is 0. The van der Waals surface area contributed by atoms with Gasteiger partial charge < -0.3 is 5.02 Å². The Morgan fingerprint density at radius 2 is 2.20 bits per heavy atom. The van der Waals surface area contributed by atoms with E-state index in [-0.39, 0.29) is 0 Å². The van der Waals surface area contributed by atoms with E-state index >= 15 is 0 Å². The maximum absolute atomic E-state index is 9.11. The van der Waals surface area contributed by atoms with Crippen molar-refractivity contribution in [1.82, 2.24) is 4.98 Å². The van der Waals surface area contributed by atoms with Crippen LogP contribution in [0.1, 0.15) is 5.56 Å². The molecule has 0 saturated carbocycles. The Bertz CT molecular complexity index is 225. The van der Waals surface area contributed by atoms with Crippen LogP contribution in [0, 0.1) is 6.92 Å². The quantitative estimate of drug-likeness (QED) is 0.558. The van der Waals surface area contributed by atoms with Gasteiger partial charge in [0.25, 0.3) is 0 Å². The van der Waals surface area contributed by atoms with Crippen LogP contribution in [-0.2, 0) is 0 Å². The second-order valence-electron chi connectivity index (χ2n) is 2.47. The molecule has 0 spiro atoms. The highest BCUT2D eigenvalue weighted by Gasteiger charge is 2.05. The van der Waals surface area contributed by atoms with Gasteiger partial charge in [0.05, 0.1) is 0 Å². The molecule has 0 saturated heterocycles. The summed E-state index contributed by atoms with van der Waals surface area (Å²) in [6, 6.07) is 1.93. The molecular weight excluding hydrogens is 125 g/mol. The van der Waals surface area contributed by atoms with Gasteiger partial charge >= 0.3 is 6.92 Å². The summed E-state index contributed by atoms with van der Waals surface area (Å²) in [4.78, 5) is 3.95. The third kappa shape index (κ3) is 1.58. The van der Waals surface area contributed by atoms with Gasteiger partial charge in [-0.2, -0.15) is 0 Å². The second-order valence-corrected chi connectivity index (χ2v) is 2.47. The minimum atomic E-state index is -0.410. The first-order valence-corrected chi connectivity index (χ1v) is 3.30. The van der Waals surface area contributed by atoms with E-state index in [1.54, 1.807) is 19.2 Å². The number of rotatable bonds is 1. The highest BCUT2D eigenvalue weighted by Crippen LogP contribution is 1.89. The molecule has 1 rings (SSSR count). The lowest BCUT2D eigenvalue weighted by Crippen LogP contribution is -2.26. The van der Waals surface area contributed by atoms with Crippen LogP contribution in [0.3, 0.4) is 0 Å². The third-order valence-corrected chi connectivity index (χ3v) is 1.38. The minimum absolute atomic E-state index is 0.410. The molecule has 0 aliphatic carbocycles. The van der Waals surface area contributed by atoms with Crippen LogP contribution in [0.5, 0.6) is 0 Å². The van der Waals surface area contributed by atoms with Gasteiger partial charge in [-0.3, -0.25) is 4.98 Å². The van der Waals surface area contributed by atoms with Crippen LogP contribution in [-0.4, -0.2) is 16.9 Å². The first-order chi connectivity index (χ1) is 4.70.